The minimum atomic E-state index is -0.191. The third-order valence-corrected chi connectivity index (χ3v) is 4.63. The van der Waals surface area contributed by atoms with Gasteiger partial charge < -0.3 is 10.4 Å². The predicted octanol–water partition coefficient (Wildman–Crippen LogP) is 5.48. The van der Waals surface area contributed by atoms with Crippen molar-refractivity contribution in [1.82, 2.24) is 5.32 Å². The van der Waals surface area contributed by atoms with Crippen molar-refractivity contribution in [3.63, 3.8) is 0 Å². The van der Waals surface area contributed by atoms with E-state index in [-0.39, 0.29) is 22.8 Å². The van der Waals surface area contributed by atoms with Gasteiger partial charge in [0.15, 0.2) is 0 Å². The van der Waals surface area contributed by atoms with Gasteiger partial charge in [0.1, 0.15) is 5.75 Å². The van der Waals surface area contributed by atoms with Crippen molar-refractivity contribution in [1.29, 1.82) is 0 Å². The van der Waals surface area contributed by atoms with Crippen LogP contribution in [-0.4, -0.2) is 11.0 Å². The lowest BCUT2D eigenvalue weighted by molar-refractivity contribution is 0.0940. The largest absolute Gasteiger partial charge is 0.507 e. The van der Waals surface area contributed by atoms with Crippen LogP contribution in [-0.2, 0) is 10.8 Å². The highest BCUT2D eigenvalue weighted by atomic mass is 16.3. The molecule has 0 aromatic heterocycles. The lowest BCUT2D eigenvalue weighted by atomic mass is 9.78. The Morgan fingerprint density at radius 1 is 0.923 bits per heavy atom. The summed E-state index contributed by atoms with van der Waals surface area (Å²) in [4.78, 5) is 12.5. The van der Waals surface area contributed by atoms with E-state index in [1.165, 1.54) is 0 Å². The topological polar surface area (TPSA) is 49.3 Å². The third-order valence-electron chi connectivity index (χ3n) is 4.63. The SMILES string of the molecule is C[C@H](NC(=O)c1ccccc1)c1cc(C(C)(C)C)c(O)c(C(C)(C)C)c1. The number of benzene rings is 2. The summed E-state index contributed by atoms with van der Waals surface area (Å²) in [6.45, 7) is 14.5. The van der Waals surface area contributed by atoms with Crippen LogP contribution in [0, 0.1) is 0 Å². The number of aromatic hydroxyl groups is 1. The van der Waals surface area contributed by atoms with Gasteiger partial charge in [-0.15, -0.1) is 0 Å². The Kier molecular flexibility index (Phi) is 5.50. The van der Waals surface area contributed by atoms with Gasteiger partial charge in [-0.3, -0.25) is 4.79 Å². The summed E-state index contributed by atoms with van der Waals surface area (Å²) in [5, 5.41) is 13.9. The van der Waals surface area contributed by atoms with E-state index in [4.69, 9.17) is 0 Å². The second-order valence-corrected chi connectivity index (χ2v) is 9.03. The number of hydrogen-bond acceptors (Lipinski definition) is 2. The molecule has 2 aromatic carbocycles. The molecule has 0 saturated carbocycles. The van der Waals surface area contributed by atoms with E-state index in [0.29, 0.717) is 11.3 Å². The molecule has 0 bridgehead atoms. The molecule has 3 heteroatoms. The number of hydrogen-bond donors (Lipinski definition) is 2. The van der Waals surface area contributed by atoms with E-state index < -0.39 is 0 Å². The van der Waals surface area contributed by atoms with Crippen molar-refractivity contribution >= 4 is 5.91 Å². The predicted molar refractivity (Wildman–Crippen MR) is 108 cm³/mol. The highest BCUT2D eigenvalue weighted by Gasteiger charge is 2.27. The third kappa shape index (κ3) is 4.46. The molecule has 2 aromatic rings. The van der Waals surface area contributed by atoms with Crippen LogP contribution in [0.25, 0.3) is 0 Å². The van der Waals surface area contributed by atoms with Crippen LogP contribution in [0.2, 0.25) is 0 Å². The van der Waals surface area contributed by atoms with Gasteiger partial charge >= 0.3 is 0 Å². The van der Waals surface area contributed by atoms with Gasteiger partial charge in [-0.25, -0.2) is 0 Å². The summed E-state index contributed by atoms with van der Waals surface area (Å²) in [5.74, 6) is 0.260. The lowest BCUT2D eigenvalue weighted by Gasteiger charge is -2.29. The molecule has 0 aliphatic carbocycles. The number of nitrogens with one attached hydrogen (secondary N) is 1. The molecule has 1 atom stereocenters. The van der Waals surface area contributed by atoms with Gasteiger partial charge in [0, 0.05) is 5.56 Å². The highest BCUT2D eigenvalue weighted by Crippen LogP contribution is 2.40. The van der Waals surface area contributed by atoms with Gasteiger partial charge in [-0.1, -0.05) is 59.7 Å². The molecule has 0 radical (unpaired) electrons. The molecule has 0 spiro atoms. The number of phenols is 1. The van der Waals surface area contributed by atoms with Crippen molar-refractivity contribution in [3.8, 4) is 5.75 Å². The second-order valence-electron chi connectivity index (χ2n) is 9.03. The fraction of sp³-hybridized carbons (Fsp3) is 0.435. The fourth-order valence-electron chi connectivity index (χ4n) is 3.00. The Bertz CT molecular complexity index is 745. The number of rotatable bonds is 3. The van der Waals surface area contributed by atoms with Gasteiger partial charge in [0.2, 0.25) is 0 Å². The van der Waals surface area contributed by atoms with Gasteiger partial charge in [0.05, 0.1) is 6.04 Å². The fourth-order valence-corrected chi connectivity index (χ4v) is 3.00. The Morgan fingerprint density at radius 2 is 1.38 bits per heavy atom. The maximum absolute atomic E-state index is 12.5. The summed E-state index contributed by atoms with van der Waals surface area (Å²) in [6.07, 6.45) is 0. The standard InChI is InChI=1S/C23H31NO2/c1-15(24-21(26)16-11-9-8-10-12-16)17-13-18(22(2,3)4)20(25)19(14-17)23(5,6)7/h8-15,25H,1-7H3,(H,24,26)/t15-/m0/s1. The molecule has 0 heterocycles. The van der Waals surface area contributed by atoms with Crippen molar-refractivity contribution in [3.05, 3.63) is 64.7 Å². The summed E-state index contributed by atoms with van der Waals surface area (Å²) < 4.78 is 0. The molecular formula is C23H31NO2. The van der Waals surface area contributed by atoms with Crippen molar-refractivity contribution < 1.29 is 9.90 Å². The van der Waals surface area contributed by atoms with Gasteiger partial charge in [-0.2, -0.15) is 0 Å². The quantitative estimate of drug-likeness (QED) is 0.768. The first-order valence-corrected chi connectivity index (χ1v) is 9.15. The van der Waals surface area contributed by atoms with Crippen LogP contribution >= 0.6 is 0 Å². The lowest BCUT2D eigenvalue weighted by Crippen LogP contribution is -2.27. The minimum Gasteiger partial charge on any atom is -0.507 e. The van der Waals surface area contributed by atoms with Crippen LogP contribution in [0.1, 0.15) is 81.6 Å². The van der Waals surface area contributed by atoms with Crippen LogP contribution in [0.3, 0.4) is 0 Å². The van der Waals surface area contributed by atoms with E-state index in [2.05, 4.69) is 46.9 Å². The van der Waals surface area contributed by atoms with Crippen molar-refractivity contribution in [2.24, 2.45) is 0 Å². The van der Waals surface area contributed by atoms with E-state index in [9.17, 15) is 9.90 Å². The molecule has 26 heavy (non-hydrogen) atoms. The molecule has 1 amide bonds. The van der Waals surface area contributed by atoms with Crippen LogP contribution in [0.15, 0.2) is 42.5 Å². The van der Waals surface area contributed by atoms with Crippen LogP contribution in [0.5, 0.6) is 5.75 Å². The zero-order chi connectivity index (χ0) is 19.7. The monoisotopic (exact) mass is 353 g/mol. The Morgan fingerprint density at radius 3 is 1.81 bits per heavy atom. The number of carbonyl (C=O) groups excluding carboxylic acids is 1. The van der Waals surface area contributed by atoms with Crippen molar-refractivity contribution in [2.75, 3.05) is 0 Å². The normalized spacial score (nSPS) is 13.3. The molecule has 2 rings (SSSR count). The van der Waals surface area contributed by atoms with Crippen LogP contribution < -0.4 is 5.32 Å². The molecule has 2 N–H and O–H groups in total. The first-order chi connectivity index (χ1) is 11.9. The van der Waals surface area contributed by atoms with E-state index >= 15 is 0 Å². The average Bonchev–Trinajstić information content (AvgIpc) is 2.53. The maximum atomic E-state index is 12.5. The van der Waals surface area contributed by atoms with Gasteiger partial charge in [-0.05, 0) is 58.7 Å². The Hall–Kier alpha value is -2.29. The average molecular weight is 354 g/mol. The van der Waals surface area contributed by atoms with Crippen molar-refractivity contribution in [2.45, 2.75) is 65.3 Å². The molecule has 0 unspecified atom stereocenters. The molecule has 0 saturated heterocycles. The van der Waals surface area contributed by atoms with Gasteiger partial charge in [0.25, 0.3) is 5.91 Å². The van der Waals surface area contributed by atoms with Crippen LogP contribution in [0.4, 0.5) is 0 Å². The summed E-state index contributed by atoms with van der Waals surface area (Å²) in [6, 6.07) is 13.1. The molecule has 140 valence electrons. The maximum Gasteiger partial charge on any atom is 0.251 e. The summed E-state index contributed by atoms with van der Waals surface area (Å²) in [7, 11) is 0. The molecule has 0 fully saturated rings. The van der Waals surface area contributed by atoms with E-state index in [1.54, 1.807) is 12.1 Å². The van der Waals surface area contributed by atoms with E-state index in [0.717, 1.165) is 16.7 Å². The zero-order valence-electron chi connectivity index (χ0n) is 17.0. The molecule has 0 aliphatic rings. The zero-order valence-corrected chi connectivity index (χ0v) is 17.0. The highest BCUT2D eigenvalue weighted by molar-refractivity contribution is 5.94. The summed E-state index contributed by atoms with van der Waals surface area (Å²) in [5.41, 5.74) is 3.07. The Balaban J connectivity index is 2.43. The summed E-state index contributed by atoms with van der Waals surface area (Å²) >= 11 is 0. The molecule has 0 aliphatic heterocycles. The first kappa shape index (κ1) is 20.0. The number of amides is 1. The van der Waals surface area contributed by atoms with E-state index in [1.807, 2.05) is 37.3 Å². The second kappa shape index (κ2) is 7.14. The Labute approximate surface area is 157 Å². The molecule has 3 nitrogen and oxygen atoms in total. The first-order valence-electron chi connectivity index (χ1n) is 9.15. The number of carbonyl (C=O) groups is 1. The number of phenolic OH excluding ortho intramolecular Hbond substituents is 1. The molecular weight excluding hydrogens is 322 g/mol. The minimum absolute atomic E-state index is 0.0965. The smallest absolute Gasteiger partial charge is 0.251 e.